The first-order chi connectivity index (χ1) is 8.56. The molecule has 0 saturated carbocycles. The second-order valence-electron chi connectivity index (χ2n) is 5.03. The van der Waals surface area contributed by atoms with Gasteiger partial charge < -0.3 is 20.5 Å². The second kappa shape index (κ2) is 7.56. The first kappa shape index (κ1) is 15.2. The molecule has 1 rings (SSSR count). The van der Waals surface area contributed by atoms with Crippen LogP contribution in [0.25, 0.3) is 0 Å². The van der Waals surface area contributed by atoms with Gasteiger partial charge in [0.05, 0.1) is 26.4 Å². The van der Waals surface area contributed by atoms with Gasteiger partial charge in [-0.15, -0.1) is 0 Å². The van der Waals surface area contributed by atoms with E-state index in [0.29, 0.717) is 25.7 Å². The fraction of sp³-hybridized carbons (Fsp3) is 0.917. The van der Waals surface area contributed by atoms with E-state index < -0.39 is 0 Å². The number of guanidine groups is 1. The molecule has 1 aliphatic rings. The number of hydrogen-bond donors (Lipinski definition) is 2. The van der Waals surface area contributed by atoms with Gasteiger partial charge >= 0.3 is 0 Å². The van der Waals surface area contributed by atoms with Crippen molar-refractivity contribution in [1.82, 2.24) is 10.2 Å². The van der Waals surface area contributed by atoms with Crippen LogP contribution in [0.2, 0.25) is 0 Å². The van der Waals surface area contributed by atoms with E-state index in [1.54, 1.807) is 7.11 Å². The van der Waals surface area contributed by atoms with Gasteiger partial charge in [-0.3, -0.25) is 9.89 Å². The van der Waals surface area contributed by atoms with Crippen LogP contribution >= 0.6 is 0 Å². The van der Waals surface area contributed by atoms with E-state index >= 15 is 0 Å². The van der Waals surface area contributed by atoms with Crippen LogP contribution in [0.15, 0.2) is 4.99 Å². The molecule has 1 saturated heterocycles. The Morgan fingerprint density at radius 1 is 1.44 bits per heavy atom. The Morgan fingerprint density at radius 3 is 2.72 bits per heavy atom. The number of nitrogens with one attached hydrogen (secondary N) is 1. The van der Waals surface area contributed by atoms with Gasteiger partial charge in [0.1, 0.15) is 0 Å². The van der Waals surface area contributed by atoms with Crippen LogP contribution in [0.5, 0.6) is 0 Å². The van der Waals surface area contributed by atoms with Gasteiger partial charge in [-0.25, -0.2) is 0 Å². The lowest BCUT2D eigenvalue weighted by Gasteiger charge is -2.39. The van der Waals surface area contributed by atoms with Crippen molar-refractivity contribution >= 4 is 5.96 Å². The summed E-state index contributed by atoms with van der Waals surface area (Å²) in [6.07, 6.45) is 0. The molecule has 0 atom stereocenters. The lowest BCUT2D eigenvalue weighted by atomic mass is 10.0. The summed E-state index contributed by atoms with van der Waals surface area (Å²) in [5.74, 6) is 0.480. The van der Waals surface area contributed by atoms with Crippen molar-refractivity contribution in [3.63, 3.8) is 0 Å². The van der Waals surface area contributed by atoms with Crippen molar-refractivity contribution in [1.29, 1.82) is 0 Å². The number of rotatable bonds is 6. The Morgan fingerprint density at radius 2 is 2.11 bits per heavy atom. The fourth-order valence-corrected chi connectivity index (χ4v) is 1.88. The van der Waals surface area contributed by atoms with Gasteiger partial charge in [0.15, 0.2) is 5.96 Å². The van der Waals surface area contributed by atoms with Gasteiger partial charge in [-0.2, -0.15) is 0 Å². The zero-order chi connectivity index (χ0) is 13.4. The maximum atomic E-state index is 5.79. The van der Waals surface area contributed by atoms with Crippen LogP contribution in [-0.4, -0.2) is 69.5 Å². The molecule has 0 unspecified atom stereocenters. The minimum absolute atomic E-state index is 0.0112. The SMILES string of the molecule is COCCNC(N)=NCC(C)(C)N1CCOCC1. The summed E-state index contributed by atoms with van der Waals surface area (Å²) in [4.78, 5) is 6.78. The van der Waals surface area contributed by atoms with Crippen molar-refractivity contribution in [3.8, 4) is 0 Å². The van der Waals surface area contributed by atoms with Crippen LogP contribution in [0.1, 0.15) is 13.8 Å². The molecule has 0 aromatic rings. The highest BCUT2D eigenvalue weighted by molar-refractivity contribution is 5.77. The lowest BCUT2D eigenvalue weighted by Crippen LogP contribution is -2.52. The second-order valence-corrected chi connectivity index (χ2v) is 5.03. The van der Waals surface area contributed by atoms with Crippen LogP contribution in [0.3, 0.4) is 0 Å². The highest BCUT2D eigenvalue weighted by Gasteiger charge is 2.27. The molecule has 0 bridgehead atoms. The van der Waals surface area contributed by atoms with Crippen molar-refractivity contribution in [2.45, 2.75) is 19.4 Å². The molecule has 0 aliphatic carbocycles. The standard InChI is InChI=1S/C12H26N4O2/c1-12(2,16-5-8-18-9-6-16)10-15-11(13)14-4-7-17-3/h4-10H2,1-3H3,(H3,13,14,15). The molecule has 1 aliphatic heterocycles. The largest absolute Gasteiger partial charge is 0.383 e. The molecule has 0 radical (unpaired) electrons. The van der Waals surface area contributed by atoms with Gasteiger partial charge in [0.25, 0.3) is 0 Å². The van der Waals surface area contributed by atoms with Gasteiger partial charge in [0.2, 0.25) is 0 Å². The fourth-order valence-electron chi connectivity index (χ4n) is 1.88. The molecule has 1 heterocycles. The third-order valence-corrected chi connectivity index (χ3v) is 3.12. The first-order valence-corrected chi connectivity index (χ1v) is 6.42. The third kappa shape index (κ3) is 5.20. The molecular formula is C12H26N4O2. The Labute approximate surface area is 110 Å². The molecular weight excluding hydrogens is 232 g/mol. The average molecular weight is 258 g/mol. The number of aliphatic imine (C=N–C) groups is 1. The summed E-state index contributed by atoms with van der Waals surface area (Å²) in [5, 5.41) is 3.02. The number of morpholine rings is 1. The molecule has 0 aromatic carbocycles. The summed E-state index contributed by atoms with van der Waals surface area (Å²) < 4.78 is 10.3. The summed E-state index contributed by atoms with van der Waals surface area (Å²) >= 11 is 0. The highest BCUT2D eigenvalue weighted by Crippen LogP contribution is 2.16. The van der Waals surface area contributed by atoms with E-state index in [9.17, 15) is 0 Å². The van der Waals surface area contributed by atoms with Crippen LogP contribution < -0.4 is 11.1 Å². The van der Waals surface area contributed by atoms with Crippen molar-refractivity contribution in [2.75, 3.05) is 53.1 Å². The Hall–Kier alpha value is -0.850. The molecule has 6 heteroatoms. The average Bonchev–Trinajstić information content (AvgIpc) is 2.38. The maximum Gasteiger partial charge on any atom is 0.188 e. The Kier molecular flexibility index (Phi) is 6.38. The quantitative estimate of drug-likeness (QED) is 0.387. The minimum atomic E-state index is 0.0112. The van der Waals surface area contributed by atoms with E-state index in [2.05, 4.69) is 29.1 Å². The molecule has 0 spiro atoms. The molecule has 106 valence electrons. The number of nitrogens with zero attached hydrogens (tertiary/aromatic N) is 2. The van der Waals surface area contributed by atoms with E-state index in [1.807, 2.05) is 0 Å². The van der Waals surface area contributed by atoms with Crippen molar-refractivity contribution in [3.05, 3.63) is 0 Å². The predicted octanol–water partition coefficient (Wildman–Crippen LogP) is -0.352. The molecule has 1 fully saturated rings. The molecule has 6 nitrogen and oxygen atoms in total. The van der Waals surface area contributed by atoms with E-state index in [0.717, 1.165) is 26.3 Å². The number of hydrogen-bond acceptors (Lipinski definition) is 4. The molecule has 0 amide bonds. The van der Waals surface area contributed by atoms with E-state index in [1.165, 1.54) is 0 Å². The Balaban J connectivity index is 2.36. The van der Waals surface area contributed by atoms with E-state index in [4.69, 9.17) is 15.2 Å². The summed E-state index contributed by atoms with van der Waals surface area (Å²) in [5.41, 5.74) is 5.80. The topological polar surface area (TPSA) is 72.1 Å². The summed E-state index contributed by atoms with van der Waals surface area (Å²) in [6, 6.07) is 0. The third-order valence-electron chi connectivity index (χ3n) is 3.12. The lowest BCUT2D eigenvalue weighted by molar-refractivity contribution is -0.00682. The van der Waals surface area contributed by atoms with Crippen LogP contribution in [-0.2, 0) is 9.47 Å². The summed E-state index contributed by atoms with van der Waals surface area (Å²) in [7, 11) is 1.66. The number of nitrogens with two attached hydrogens (primary N) is 1. The molecule has 18 heavy (non-hydrogen) atoms. The normalized spacial score (nSPS) is 18.9. The first-order valence-electron chi connectivity index (χ1n) is 6.42. The maximum absolute atomic E-state index is 5.79. The van der Waals surface area contributed by atoms with Gasteiger partial charge in [-0.05, 0) is 13.8 Å². The van der Waals surface area contributed by atoms with Gasteiger partial charge in [0, 0.05) is 32.3 Å². The monoisotopic (exact) mass is 258 g/mol. The number of ether oxygens (including phenoxy) is 2. The van der Waals surface area contributed by atoms with Crippen molar-refractivity contribution < 1.29 is 9.47 Å². The smallest absolute Gasteiger partial charge is 0.188 e. The molecule has 3 N–H and O–H groups in total. The Bertz CT molecular complexity index is 263. The summed E-state index contributed by atoms with van der Waals surface area (Å²) in [6.45, 7) is 9.88. The zero-order valence-electron chi connectivity index (χ0n) is 11.7. The van der Waals surface area contributed by atoms with Crippen LogP contribution in [0.4, 0.5) is 0 Å². The zero-order valence-corrected chi connectivity index (χ0v) is 11.7. The van der Waals surface area contributed by atoms with Gasteiger partial charge in [-0.1, -0.05) is 0 Å². The van der Waals surface area contributed by atoms with E-state index in [-0.39, 0.29) is 5.54 Å². The highest BCUT2D eigenvalue weighted by atomic mass is 16.5. The molecule has 0 aromatic heterocycles. The number of methoxy groups -OCH3 is 1. The van der Waals surface area contributed by atoms with Crippen molar-refractivity contribution in [2.24, 2.45) is 10.7 Å². The predicted molar refractivity (Wildman–Crippen MR) is 72.8 cm³/mol. The minimum Gasteiger partial charge on any atom is -0.383 e. The van der Waals surface area contributed by atoms with Crippen LogP contribution in [0, 0.1) is 0 Å².